The van der Waals surface area contributed by atoms with Crippen LogP contribution in [0.5, 0.6) is 0 Å². The van der Waals surface area contributed by atoms with Crippen LogP contribution >= 0.6 is 34.8 Å². The van der Waals surface area contributed by atoms with E-state index in [-0.39, 0.29) is 17.0 Å². The van der Waals surface area contributed by atoms with Crippen LogP contribution < -0.4 is 0 Å². The minimum atomic E-state index is -1.25. The van der Waals surface area contributed by atoms with Crippen LogP contribution in [-0.4, -0.2) is 5.11 Å². The van der Waals surface area contributed by atoms with Crippen molar-refractivity contribution in [3.05, 3.63) is 68.2 Å². The molecular formula is C14H9Cl3F2O. The van der Waals surface area contributed by atoms with Gasteiger partial charge in [-0.1, -0.05) is 34.8 Å². The molecule has 2 aromatic rings. The molecule has 0 aliphatic carbocycles. The molecule has 0 aromatic heterocycles. The van der Waals surface area contributed by atoms with Crippen molar-refractivity contribution in [3.63, 3.8) is 0 Å². The van der Waals surface area contributed by atoms with Crippen molar-refractivity contribution < 1.29 is 13.9 Å². The summed E-state index contributed by atoms with van der Waals surface area (Å²) in [6.45, 7) is 0. The van der Waals surface area contributed by atoms with Gasteiger partial charge in [0.25, 0.3) is 0 Å². The first-order valence-corrected chi connectivity index (χ1v) is 6.78. The van der Waals surface area contributed by atoms with Crippen molar-refractivity contribution in [2.24, 2.45) is 0 Å². The molecule has 0 aliphatic heterocycles. The molecule has 1 atom stereocenters. The first-order valence-electron chi connectivity index (χ1n) is 5.65. The molecule has 6 heteroatoms. The quantitative estimate of drug-likeness (QED) is 0.763. The fourth-order valence-electron chi connectivity index (χ4n) is 1.81. The molecule has 0 spiro atoms. The number of aliphatic hydroxyl groups excluding tert-OH is 1. The Bertz CT molecular complexity index is 647. The number of benzene rings is 2. The van der Waals surface area contributed by atoms with E-state index in [1.165, 1.54) is 0 Å². The predicted octanol–water partition coefficient (Wildman–Crippen LogP) is 5.20. The Hall–Kier alpha value is -0.870. The highest BCUT2D eigenvalue weighted by Gasteiger charge is 2.18. The summed E-state index contributed by atoms with van der Waals surface area (Å²) in [5.41, 5.74) is 0.365. The lowest BCUT2D eigenvalue weighted by Crippen LogP contribution is -2.06. The summed E-state index contributed by atoms with van der Waals surface area (Å²) in [5, 5.41) is 10.5. The van der Waals surface area contributed by atoms with Crippen LogP contribution in [-0.2, 0) is 6.42 Å². The lowest BCUT2D eigenvalue weighted by molar-refractivity contribution is 0.173. The molecule has 1 N–H and O–H groups in total. The third-order valence-electron chi connectivity index (χ3n) is 2.82. The van der Waals surface area contributed by atoms with Gasteiger partial charge in [-0.05, 0) is 35.9 Å². The second-order valence-electron chi connectivity index (χ2n) is 4.24. The Morgan fingerprint density at radius 3 is 2.35 bits per heavy atom. The van der Waals surface area contributed by atoms with Gasteiger partial charge in [0.1, 0.15) is 11.6 Å². The number of halogens is 5. The van der Waals surface area contributed by atoms with Gasteiger partial charge in [0, 0.05) is 22.0 Å². The minimum absolute atomic E-state index is 0.0113. The van der Waals surface area contributed by atoms with Crippen LogP contribution in [0.25, 0.3) is 0 Å². The van der Waals surface area contributed by atoms with E-state index in [1.807, 2.05) is 0 Å². The number of rotatable bonds is 3. The maximum absolute atomic E-state index is 13.7. The fourth-order valence-corrected chi connectivity index (χ4v) is 2.35. The van der Waals surface area contributed by atoms with E-state index in [0.717, 1.165) is 12.1 Å². The molecule has 0 saturated heterocycles. The van der Waals surface area contributed by atoms with Gasteiger partial charge in [-0.15, -0.1) is 0 Å². The van der Waals surface area contributed by atoms with Crippen LogP contribution in [0.2, 0.25) is 15.1 Å². The first-order chi connectivity index (χ1) is 9.38. The third kappa shape index (κ3) is 3.41. The third-order valence-corrected chi connectivity index (χ3v) is 3.71. The highest BCUT2D eigenvalue weighted by atomic mass is 35.5. The largest absolute Gasteiger partial charge is 0.388 e. The van der Waals surface area contributed by atoms with Gasteiger partial charge in [0.2, 0.25) is 0 Å². The molecule has 0 aliphatic rings. The lowest BCUT2D eigenvalue weighted by atomic mass is 10.0. The van der Waals surface area contributed by atoms with Crippen molar-refractivity contribution in [1.82, 2.24) is 0 Å². The fraction of sp³-hybridized carbons (Fsp3) is 0.143. The maximum Gasteiger partial charge on any atom is 0.142 e. The molecular weight excluding hydrogens is 329 g/mol. The normalized spacial score (nSPS) is 12.5. The maximum atomic E-state index is 13.7. The Morgan fingerprint density at radius 1 is 0.950 bits per heavy atom. The highest BCUT2D eigenvalue weighted by molar-refractivity contribution is 6.33. The summed E-state index contributed by atoms with van der Waals surface area (Å²) in [6, 6.07) is 6.44. The molecule has 2 rings (SSSR count). The molecule has 0 fully saturated rings. The minimum Gasteiger partial charge on any atom is -0.388 e. The van der Waals surface area contributed by atoms with Crippen molar-refractivity contribution in [2.45, 2.75) is 12.5 Å². The first kappa shape index (κ1) is 15.5. The van der Waals surface area contributed by atoms with Gasteiger partial charge in [-0.3, -0.25) is 0 Å². The zero-order chi connectivity index (χ0) is 14.9. The number of hydrogen-bond acceptors (Lipinski definition) is 1. The molecule has 0 saturated carbocycles. The summed E-state index contributed by atoms with van der Waals surface area (Å²) < 4.78 is 27.0. The van der Waals surface area contributed by atoms with Crippen molar-refractivity contribution >= 4 is 34.8 Å². The standard InChI is InChI=1S/C14H9Cl3F2O/c15-8-1-2-10(16)7(3-8)4-14(20)9-5-13(19)11(17)6-12(9)18/h1-3,5-6,14,20H,4H2. The molecule has 106 valence electrons. The average molecular weight is 338 g/mol. The topological polar surface area (TPSA) is 20.2 Å². The molecule has 0 radical (unpaired) electrons. The second kappa shape index (κ2) is 6.27. The van der Waals surface area contributed by atoms with Crippen LogP contribution in [0.4, 0.5) is 8.78 Å². The van der Waals surface area contributed by atoms with Crippen LogP contribution in [0.1, 0.15) is 17.2 Å². The molecule has 0 amide bonds. The lowest BCUT2D eigenvalue weighted by Gasteiger charge is -2.14. The van der Waals surface area contributed by atoms with Crippen molar-refractivity contribution in [1.29, 1.82) is 0 Å². The van der Waals surface area contributed by atoms with E-state index in [1.54, 1.807) is 18.2 Å². The Morgan fingerprint density at radius 2 is 1.65 bits per heavy atom. The van der Waals surface area contributed by atoms with E-state index < -0.39 is 17.7 Å². The summed E-state index contributed by atoms with van der Waals surface area (Å²) in [7, 11) is 0. The predicted molar refractivity (Wildman–Crippen MR) is 76.5 cm³/mol. The van der Waals surface area contributed by atoms with Crippen LogP contribution in [0.15, 0.2) is 30.3 Å². The van der Waals surface area contributed by atoms with Crippen molar-refractivity contribution in [2.75, 3.05) is 0 Å². The molecule has 2 aromatic carbocycles. The molecule has 0 heterocycles. The Kier molecular flexibility index (Phi) is 4.86. The summed E-state index contributed by atoms with van der Waals surface area (Å²) in [4.78, 5) is 0. The van der Waals surface area contributed by atoms with E-state index in [9.17, 15) is 13.9 Å². The molecule has 20 heavy (non-hydrogen) atoms. The molecule has 1 unspecified atom stereocenters. The van der Waals surface area contributed by atoms with Crippen LogP contribution in [0, 0.1) is 11.6 Å². The monoisotopic (exact) mass is 336 g/mol. The average Bonchev–Trinajstić information content (AvgIpc) is 2.38. The zero-order valence-electron chi connectivity index (χ0n) is 10.0. The van der Waals surface area contributed by atoms with Gasteiger partial charge in [0.05, 0.1) is 11.1 Å². The van der Waals surface area contributed by atoms with Gasteiger partial charge in [-0.25, -0.2) is 8.78 Å². The van der Waals surface area contributed by atoms with E-state index in [0.29, 0.717) is 15.6 Å². The van der Waals surface area contributed by atoms with E-state index in [4.69, 9.17) is 34.8 Å². The number of aliphatic hydroxyl groups is 1. The summed E-state index contributed by atoms with van der Waals surface area (Å²) in [6.07, 6.45) is -1.24. The molecule has 1 nitrogen and oxygen atoms in total. The highest BCUT2D eigenvalue weighted by Crippen LogP contribution is 2.29. The van der Waals surface area contributed by atoms with Gasteiger partial charge < -0.3 is 5.11 Å². The SMILES string of the molecule is OC(Cc1cc(Cl)ccc1Cl)c1cc(F)c(Cl)cc1F. The van der Waals surface area contributed by atoms with Gasteiger partial charge in [0.15, 0.2) is 0 Å². The Balaban J connectivity index is 2.30. The van der Waals surface area contributed by atoms with Crippen LogP contribution in [0.3, 0.4) is 0 Å². The summed E-state index contributed by atoms with van der Waals surface area (Å²) >= 11 is 17.3. The molecule has 0 bridgehead atoms. The smallest absolute Gasteiger partial charge is 0.142 e. The Labute approximate surface area is 129 Å². The zero-order valence-corrected chi connectivity index (χ0v) is 12.3. The van der Waals surface area contributed by atoms with E-state index in [2.05, 4.69) is 0 Å². The van der Waals surface area contributed by atoms with Crippen molar-refractivity contribution in [3.8, 4) is 0 Å². The second-order valence-corrected chi connectivity index (χ2v) is 5.49. The summed E-state index contributed by atoms with van der Waals surface area (Å²) in [5.74, 6) is -1.57. The van der Waals surface area contributed by atoms with Gasteiger partial charge in [-0.2, -0.15) is 0 Å². The van der Waals surface area contributed by atoms with E-state index >= 15 is 0 Å². The number of hydrogen-bond donors (Lipinski definition) is 1. The van der Waals surface area contributed by atoms with Gasteiger partial charge >= 0.3 is 0 Å².